The number of halogens is 1. The molecule has 0 aliphatic carbocycles. The van der Waals surface area contributed by atoms with Crippen LogP contribution in [0.15, 0.2) is 24.3 Å². The Morgan fingerprint density at radius 1 is 1.53 bits per heavy atom. The van der Waals surface area contributed by atoms with E-state index >= 15 is 0 Å². The molecule has 0 fully saturated rings. The SMILES string of the molecule is COC(=O)[C@H](CO)NC(=O)c1cccc(I)c1. The molecule has 17 heavy (non-hydrogen) atoms. The lowest BCUT2D eigenvalue weighted by Crippen LogP contribution is -2.44. The third-order valence-electron chi connectivity index (χ3n) is 2.06. The van der Waals surface area contributed by atoms with Gasteiger partial charge >= 0.3 is 5.97 Å². The Labute approximate surface area is 112 Å². The topological polar surface area (TPSA) is 75.6 Å². The average molecular weight is 349 g/mol. The van der Waals surface area contributed by atoms with E-state index in [-0.39, 0.29) is 0 Å². The number of hydrogen-bond donors (Lipinski definition) is 2. The standard InChI is InChI=1S/C11H12INO4/c1-17-11(16)9(6-14)13-10(15)7-3-2-4-8(12)5-7/h2-5,9,14H,6H2,1H3,(H,13,15)/t9-/m0/s1. The summed E-state index contributed by atoms with van der Waals surface area (Å²) in [6, 6.07) is 5.86. The van der Waals surface area contributed by atoms with Crippen LogP contribution in [0.25, 0.3) is 0 Å². The molecule has 5 nitrogen and oxygen atoms in total. The third kappa shape index (κ3) is 3.97. The van der Waals surface area contributed by atoms with Gasteiger partial charge in [0.1, 0.15) is 0 Å². The first kappa shape index (κ1) is 13.9. The Kier molecular flexibility index (Phi) is 5.36. The number of methoxy groups -OCH3 is 1. The van der Waals surface area contributed by atoms with E-state index in [0.717, 1.165) is 3.57 Å². The average Bonchev–Trinajstić information content (AvgIpc) is 2.34. The van der Waals surface area contributed by atoms with E-state index in [9.17, 15) is 9.59 Å². The minimum atomic E-state index is -1.04. The fourth-order valence-corrected chi connectivity index (χ4v) is 1.74. The monoisotopic (exact) mass is 349 g/mol. The number of nitrogens with one attached hydrogen (secondary N) is 1. The molecule has 92 valence electrons. The molecule has 2 N–H and O–H groups in total. The number of esters is 1. The number of benzene rings is 1. The second-order valence-corrected chi connectivity index (χ2v) is 4.49. The van der Waals surface area contributed by atoms with Crippen LogP contribution >= 0.6 is 22.6 Å². The van der Waals surface area contributed by atoms with Crippen molar-refractivity contribution in [2.45, 2.75) is 6.04 Å². The quantitative estimate of drug-likeness (QED) is 0.615. The van der Waals surface area contributed by atoms with E-state index in [1.54, 1.807) is 18.2 Å². The number of aliphatic hydroxyl groups excluding tert-OH is 1. The molecule has 6 heteroatoms. The summed E-state index contributed by atoms with van der Waals surface area (Å²) in [5, 5.41) is 11.4. The number of rotatable bonds is 4. The summed E-state index contributed by atoms with van der Waals surface area (Å²) in [5.41, 5.74) is 0.430. The van der Waals surface area contributed by atoms with Crippen molar-refractivity contribution in [3.8, 4) is 0 Å². The van der Waals surface area contributed by atoms with Crippen LogP contribution in [0.3, 0.4) is 0 Å². The van der Waals surface area contributed by atoms with Crippen LogP contribution in [-0.4, -0.2) is 36.7 Å². The fourth-order valence-electron chi connectivity index (χ4n) is 1.19. The van der Waals surface area contributed by atoms with E-state index < -0.39 is 24.5 Å². The minimum absolute atomic E-state index is 0.423. The van der Waals surface area contributed by atoms with Gasteiger partial charge in [0, 0.05) is 9.13 Å². The first-order chi connectivity index (χ1) is 8.08. The second kappa shape index (κ2) is 6.55. The lowest BCUT2D eigenvalue weighted by Gasteiger charge is -2.13. The molecule has 0 spiro atoms. The summed E-state index contributed by atoms with van der Waals surface area (Å²) < 4.78 is 5.36. The van der Waals surface area contributed by atoms with Crippen molar-refractivity contribution in [2.75, 3.05) is 13.7 Å². The number of ether oxygens (including phenoxy) is 1. The third-order valence-corrected chi connectivity index (χ3v) is 2.73. The summed E-state index contributed by atoms with van der Waals surface area (Å²) in [6.45, 7) is -0.498. The molecule has 0 heterocycles. The molecular formula is C11H12INO4. The van der Waals surface area contributed by atoms with Crippen LogP contribution in [0.5, 0.6) is 0 Å². The number of hydrogen-bond acceptors (Lipinski definition) is 4. The largest absolute Gasteiger partial charge is 0.467 e. The van der Waals surface area contributed by atoms with E-state index in [4.69, 9.17) is 5.11 Å². The molecular weight excluding hydrogens is 337 g/mol. The van der Waals surface area contributed by atoms with Gasteiger partial charge in [-0.3, -0.25) is 4.79 Å². The molecule has 1 atom stereocenters. The summed E-state index contributed by atoms with van der Waals surface area (Å²) in [7, 11) is 1.20. The summed E-state index contributed by atoms with van der Waals surface area (Å²) in [4.78, 5) is 22.9. The molecule has 0 saturated heterocycles. The first-order valence-electron chi connectivity index (χ1n) is 4.83. The number of carbonyl (C=O) groups is 2. The van der Waals surface area contributed by atoms with Gasteiger partial charge in [-0.2, -0.15) is 0 Å². The maximum Gasteiger partial charge on any atom is 0.330 e. The highest BCUT2D eigenvalue weighted by Crippen LogP contribution is 2.07. The van der Waals surface area contributed by atoms with Crippen LogP contribution in [0, 0.1) is 3.57 Å². The van der Waals surface area contributed by atoms with Crippen molar-refractivity contribution in [3.63, 3.8) is 0 Å². The molecule has 0 aliphatic heterocycles. The molecule has 0 aliphatic rings. The van der Waals surface area contributed by atoms with Crippen LogP contribution in [0.4, 0.5) is 0 Å². The zero-order chi connectivity index (χ0) is 12.8. The van der Waals surface area contributed by atoms with E-state index in [1.165, 1.54) is 7.11 Å². The van der Waals surface area contributed by atoms with E-state index in [0.29, 0.717) is 5.56 Å². The maximum absolute atomic E-state index is 11.8. The highest BCUT2D eigenvalue weighted by molar-refractivity contribution is 14.1. The fraction of sp³-hybridized carbons (Fsp3) is 0.273. The van der Waals surface area contributed by atoms with Crippen molar-refractivity contribution < 1.29 is 19.4 Å². The normalized spacial score (nSPS) is 11.7. The first-order valence-corrected chi connectivity index (χ1v) is 5.91. The van der Waals surface area contributed by atoms with Gasteiger partial charge in [-0.1, -0.05) is 6.07 Å². The smallest absolute Gasteiger partial charge is 0.330 e. The van der Waals surface area contributed by atoms with Crippen LogP contribution < -0.4 is 5.32 Å². The Morgan fingerprint density at radius 3 is 2.76 bits per heavy atom. The van der Waals surface area contributed by atoms with Gasteiger partial charge in [0.15, 0.2) is 6.04 Å². The Hall–Kier alpha value is -1.15. The molecule has 0 aromatic heterocycles. The van der Waals surface area contributed by atoms with Crippen molar-refractivity contribution in [1.82, 2.24) is 5.32 Å². The van der Waals surface area contributed by atoms with Crippen LogP contribution in [0.2, 0.25) is 0 Å². The predicted molar refractivity (Wildman–Crippen MR) is 69.5 cm³/mol. The number of amides is 1. The number of carbonyl (C=O) groups excluding carboxylic acids is 2. The molecule has 1 rings (SSSR count). The molecule has 0 bridgehead atoms. The van der Waals surface area contributed by atoms with Gasteiger partial charge < -0.3 is 15.2 Å². The Bertz CT molecular complexity index is 422. The van der Waals surface area contributed by atoms with Crippen molar-refractivity contribution in [2.24, 2.45) is 0 Å². The van der Waals surface area contributed by atoms with Crippen molar-refractivity contribution >= 4 is 34.5 Å². The van der Waals surface area contributed by atoms with Crippen LogP contribution in [-0.2, 0) is 9.53 Å². The Balaban J connectivity index is 2.74. The van der Waals surface area contributed by atoms with Gasteiger partial charge in [-0.25, -0.2) is 4.79 Å². The number of aliphatic hydroxyl groups is 1. The van der Waals surface area contributed by atoms with Gasteiger partial charge in [0.2, 0.25) is 0 Å². The van der Waals surface area contributed by atoms with E-state index in [1.807, 2.05) is 6.07 Å². The van der Waals surface area contributed by atoms with E-state index in [2.05, 4.69) is 32.6 Å². The lowest BCUT2D eigenvalue weighted by molar-refractivity contribution is -0.143. The van der Waals surface area contributed by atoms with Gasteiger partial charge in [-0.15, -0.1) is 0 Å². The molecule has 1 aromatic rings. The molecule has 0 unspecified atom stereocenters. The van der Waals surface area contributed by atoms with Gasteiger partial charge in [0.05, 0.1) is 13.7 Å². The van der Waals surface area contributed by atoms with Gasteiger partial charge in [-0.05, 0) is 40.8 Å². The molecule has 1 amide bonds. The second-order valence-electron chi connectivity index (χ2n) is 3.24. The highest BCUT2D eigenvalue weighted by Gasteiger charge is 2.20. The van der Waals surface area contributed by atoms with Crippen LogP contribution in [0.1, 0.15) is 10.4 Å². The minimum Gasteiger partial charge on any atom is -0.467 e. The summed E-state index contributed by atoms with van der Waals surface area (Å²) in [6.07, 6.45) is 0. The summed E-state index contributed by atoms with van der Waals surface area (Å²) in [5.74, 6) is -1.10. The molecule has 0 radical (unpaired) electrons. The lowest BCUT2D eigenvalue weighted by atomic mass is 10.2. The predicted octanol–water partition coefficient (Wildman–Crippen LogP) is 0.555. The maximum atomic E-state index is 11.8. The summed E-state index contributed by atoms with van der Waals surface area (Å²) >= 11 is 2.08. The molecule has 0 saturated carbocycles. The van der Waals surface area contributed by atoms with Gasteiger partial charge in [0.25, 0.3) is 5.91 Å². The van der Waals surface area contributed by atoms with Crippen molar-refractivity contribution in [3.05, 3.63) is 33.4 Å². The van der Waals surface area contributed by atoms with Crippen molar-refractivity contribution in [1.29, 1.82) is 0 Å². The Morgan fingerprint density at radius 2 is 2.24 bits per heavy atom. The molecule has 1 aromatic carbocycles. The zero-order valence-electron chi connectivity index (χ0n) is 9.14. The zero-order valence-corrected chi connectivity index (χ0v) is 11.3. The highest BCUT2D eigenvalue weighted by atomic mass is 127.